The van der Waals surface area contributed by atoms with Gasteiger partial charge in [0.1, 0.15) is 0 Å². The van der Waals surface area contributed by atoms with Crippen LogP contribution in [0.3, 0.4) is 0 Å². The van der Waals surface area contributed by atoms with Crippen LogP contribution in [0.4, 0.5) is 0 Å². The molecule has 0 aliphatic heterocycles. The first-order valence-electron chi connectivity index (χ1n) is 2.31. The fraction of sp³-hybridized carbons (Fsp3) is 0. The maximum absolute atomic E-state index is 8.61. The van der Waals surface area contributed by atoms with Crippen molar-refractivity contribution in [2.75, 3.05) is 0 Å². The van der Waals surface area contributed by atoms with Crippen LogP contribution in [-0.4, -0.2) is 0 Å². The van der Waals surface area contributed by atoms with Crippen LogP contribution in [0.2, 0.25) is 0 Å². The standard InChI is InChI=1S/La.3Mn.15O.Y/q+3;;;;;;;;;;;;;6*-1;+3. The summed E-state index contributed by atoms with van der Waals surface area (Å²) >= 11 is -22.5. The van der Waals surface area contributed by atoms with Crippen molar-refractivity contribution in [1.82, 2.24) is 0 Å². The van der Waals surface area contributed by atoms with Gasteiger partial charge in [0.25, 0.3) is 0 Å². The third-order valence-electron chi connectivity index (χ3n) is 0. The molecular weight excluding hydrogens is 633 g/mol. The average Bonchev–Trinajstić information content (AvgIpc) is 1.29. The van der Waals surface area contributed by atoms with Crippen molar-refractivity contribution in [3.63, 3.8) is 0 Å². The zero-order valence-electron chi connectivity index (χ0n) is 8.41. The molecule has 0 aliphatic rings. The second-order valence-electron chi connectivity index (χ2n) is 1.89. The molecule has 0 N–H and O–H groups in total. The second-order valence-corrected chi connectivity index (χ2v) is 7.79. The summed E-state index contributed by atoms with van der Waals surface area (Å²) in [6.45, 7) is 0. The van der Waals surface area contributed by atoms with E-state index in [2.05, 4.69) is 0 Å². The Balaban J connectivity index is -0.0000000536. The van der Waals surface area contributed by atoms with Crippen LogP contribution in [-0.2, 0) is 104 Å². The predicted molar refractivity (Wildman–Crippen MR) is 6.18 cm³/mol. The summed E-state index contributed by atoms with van der Waals surface area (Å²) in [5.74, 6) is 0. The van der Waals surface area contributed by atoms with Crippen molar-refractivity contribution in [1.29, 1.82) is 0 Å². The van der Waals surface area contributed by atoms with Crippen molar-refractivity contribution in [2.24, 2.45) is 0 Å². The maximum atomic E-state index is 8.61. The summed E-state index contributed by atoms with van der Waals surface area (Å²) in [5, 5.41) is 0. The smallest absolute Gasteiger partial charge is 3.00 e. The molecule has 0 atom stereocenters. The molecule has 0 spiro atoms. The van der Waals surface area contributed by atoms with Crippen LogP contribution in [0.15, 0.2) is 0 Å². The van der Waals surface area contributed by atoms with E-state index in [4.69, 9.17) is 59.6 Å². The first-order chi connectivity index (χ1) is 6.71. The zero-order chi connectivity index (χ0) is 16.3. The van der Waals surface area contributed by atoms with Crippen molar-refractivity contribution < 1.29 is 165 Å². The van der Waals surface area contributed by atoms with E-state index in [0.29, 0.717) is 0 Å². The molecule has 0 aliphatic carbocycles. The summed E-state index contributed by atoms with van der Waals surface area (Å²) in [4.78, 5) is 0. The van der Waals surface area contributed by atoms with E-state index in [1.54, 1.807) is 0 Å². The molecule has 0 fully saturated rings. The SMILES string of the molecule is [La+3].[O]=[Mn](=[O])(=[O])([O-])[O-].[O]=[Mn](=[O])(=[O])([O-])[O-].[O]=[Mn](=[O])(=[O])([O-])[O-].[Y+3]. The summed E-state index contributed by atoms with van der Waals surface area (Å²) in [7, 11) is 0. The molecule has 15 nitrogen and oxygen atoms in total. The molecule has 0 unspecified atom stereocenters. The van der Waals surface area contributed by atoms with Gasteiger partial charge in [-0.15, -0.1) is 0 Å². The van der Waals surface area contributed by atoms with Gasteiger partial charge in [0, 0.05) is 0 Å². The summed E-state index contributed by atoms with van der Waals surface area (Å²) in [6.07, 6.45) is 0. The Bertz CT molecular complexity index is 691. The Morgan fingerprint density at radius 3 is 0.400 bits per heavy atom. The minimum atomic E-state index is -7.51. The molecule has 0 bridgehead atoms. The molecule has 0 saturated carbocycles. The van der Waals surface area contributed by atoms with E-state index in [9.17, 15) is 0 Å². The third kappa shape index (κ3) is 2130. The van der Waals surface area contributed by atoms with Crippen LogP contribution >= 0.6 is 0 Å². The van der Waals surface area contributed by atoms with Crippen LogP contribution in [0.5, 0.6) is 0 Å². The quantitative estimate of drug-likeness (QED) is 0.224. The molecule has 0 aromatic rings. The van der Waals surface area contributed by atoms with E-state index in [-0.39, 0.29) is 68.3 Å². The average molecular weight is 633 g/mol. The monoisotopic (exact) mass is 633 g/mol. The maximum Gasteiger partial charge on any atom is 3.00 e. The van der Waals surface area contributed by atoms with E-state index in [1.807, 2.05) is 0 Å². The van der Waals surface area contributed by atoms with Crippen molar-refractivity contribution >= 4 is 0 Å². The number of hydrogen-bond acceptors (Lipinski definition) is 15. The predicted octanol–water partition coefficient (Wildman–Crippen LogP) is -8.21. The molecule has 0 saturated heterocycles. The van der Waals surface area contributed by atoms with Gasteiger partial charge in [-0.25, -0.2) is 0 Å². The van der Waals surface area contributed by atoms with Gasteiger partial charge in [0.05, 0.1) is 0 Å². The molecule has 0 amide bonds. The molecule has 0 aromatic heterocycles. The topological polar surface area (TPSA) is 292 Å². The minimum absolute atomic E-state index is 0. The molecule has 20 heteroatoms. The van der Waals surface area contributed by atoms with Gasteiger partial charge in [-0.2, -0.15) is 0 Å². The Kier molecular flexibility index (Phi) is 13.5. The van der Waals surface area contributed by atoms with Gasteiger partial charge in [-0.3, -0.25) is 0 Å². The minimum Gasteiger partial charge on any atom is 3.00 e. The Morgan fingerprint density at radius 2 is 0.400 bits per heavy atom. The van der Waals surface area contributed by atoms with Gasteiger partial charge in [-0.1, -0.05) is 0 Å². The normalized spacial score (nSPS) is 16.8. The summed E-state index contributed by atoms with van der Waals surface area (Å²) in [5.41, 5.74) is 0. The molecule has 0 rings (SSSR count). The van der Waals surface area contributed by atoms with E-state index in [1.165, 1.54) is 0 Å². The van der Waals surface area contributed by atoms with E-state index >= 15 is 0 Å². The number of hydrogen-bond donors (Lipinski definition) is 0. The number of rotatable bonds is 0. The molecule has 0 heterocycles. The van der Waals surface area contributed by atoms with Gasteiger partial charge in [0.2, 0.25) is 0 Å². The third-order valence-corrected chi connectivity index (χ3v) is 0. The Hall–Kier alpha value is 1.82. The van der Waals surface area contributed by atoms with Crippen LogP contribution in [0.25, 0.3) is 0 Å². The first kappa shape index (κ1) is 33.4. The van der Waals surface area contributed by atoms with Crippen LogP contribution in [0.1, 0.15) is 0 Å². The van der Waals surface area contributed by atoms with E-state index < -0.39 is 36.7 Å². The van der Waals surface area contributed by atoms with Gasteiger partial charge in [0.15, 0.2) is 0 Å². The fourth-order valence-corrected chi connectivity index (χ4v) is 0. The fourth-order valence-electron chi connectivity index (χ4n) is 0. The second kappa shape index (κ2) is 8.08. The van der Waals surface area contributed by atoms with Gasteiger partial charge in [-0.05, 0) is 0 Å². The molecule has 0 aromatic carbocycles. The molecular formula is LaMn3O15Y. The Morgan fingerprint density at radius 1 is 0.400 bits per heavy atom. The summed E-state index contributed by atoms with van der Waals surface area (Å²) < 4.78 is 129. The van der Waals surface area contributed by atoms with Crippen LogP contribution in [0, 0.1) is 35.6 Å². The van der Waals surface area contributed by atoms with Crippen molar-refractivity contribution in [3.05, 3.63) is 0 Å². The van der Waals surface area contributed by atoms with Crippen molar-refractivity contribution in [3.8, 4) is 0 Å². The van der Waals surface area contributed by atoms with Gasteiger partial charge < -0.3 is 0 Å². The van der Waals surface area contributed by atoms with E-state index in [0.717, 1.165) is 0 Å². The Labute approximate surface area is 162 Å². The largest absolute Gasteiger partial charge is 3.00 e. The molecule has 0 radical (unpaired) electrons. The molecule has 20 heavy (non-hydrogen) atoms. The molecule has 117 valence electrons. The van der Waals surface area contributed by atoms with Crippen LogP contribution < -0.4 is 25.1 Å². The zero-order valence-corrected chi connectivity index (χ0v) is 18.4. The first-order valence-corrected chi connectivity index (χ1v) is 9.54. The summed E-state index contributed by atoms with van der Waals surface area (Å²) in [6, 6.07) is 0. The van der Waals surface area contributed by atoms with Crippen molar-refractivity contribution in [2.45, 2.75) is 0 Å². The van der Waals surface area contributed by atoms with Gasteiger partial charge >= 0.3 is 165 Å².